The Morgan fingerprint density at radius 1 is 1.24 bits per heavy atom. The molecule has 0 radical (unpaired) electrons. The Morgan fingerprint density at radius 2 is 1.88 bits per heavy atom. The zero-order chi connectivity index (χ0) is 18.3. The Bertz CT molecular complexity index is 689. The standard InChI is InChI=1S/C18H27N3O3S/c1-21(14-6-13-19)25(22,23)20-15-18(11-4-3-5-12-18)16-7-9-17(24-2)10-8-16/h7-10,20H,3-6,11-12,14-15H2,1-2H3. The monoisotopic (exact) mass is 365 g/mol. The first-order valence-corrected chi connectivity index (χ1v) is 10.1. The van der Waals surface area contributed by atoms with Gasteiger partial charge in [-0.1, -0.05) is 31.4 Å². The minimum atomic E-state index is -3.58. The van der Waals surface area contributed by atoms with Gasteiger partial charge in [0, 0.05) is 32.0 Å². The van der Waals surface area contributed by atoms with Crippen molar-refractivity contribution < 1.29 is 13.2 Å². The molecule has 138 valence electrons. The molecule has 1 N–H and O–H groups in total. The molecule has 0 heterocycles. The van der Waals surface area contributed by atoms with Crippen molar-refractivity contribution in [3.8, 4) is 11.8 Å². The summed E-state index contributed by atoms with van der Waals surface area (Å²) in [6, 6.07) is 9.91. The summed E-state index contributed by atoms with van der Waals surface area (Å²) in [5.74, 6) is 0.798. The van der Waals surface area contributed by atoms with E-state index in [1.807, 2.05) is 30.3 Å². The molecule has 1 fully saturated rings. The van der Waals surface area contributed by atoms with Crippen LogP contribution in [0.15, 0.2) is 24.3 Å². The Morgan fingerprint density at radius 3 is 2.44 bits per heavy atom. The lowest BCUT2D eigenvalue weighted by atomic mass is 9.69. The van der Waals surface area contributed by atoms with E-state index < -0.39 is 10.2 Å². The van der Waals surface area contributed by atoms with E-state index >= 15 is 0 Å². The number of benzene rings is 1. The fraction of sp³-hybridized carbons (Fsp3) is 0.611. The lowest BCUT2D eigenvalue weighted by molar-refractivity contribution is 0.290. The van der Waals surface area contributed by atoms with Crippen LogP contribution in [0.2, 0.25) is 0 Å². The van der Waals surface area contributed by atoms with Crippen molar-refractivity contribution in [2.45, 2.75) is 43.9 Å². The van der Waals surface area contributed by atoms with Crippen molar-refractivity contribution in [2.24, 2.45) is 0 Å². The van der Waals surface area contributed by atoms with Crippen molar-refractivity contribution in [1.82, 2.24) is 9.03 Å². The van der Waals surface area contributed by atoms with Crippen LogP contribution in [0.1, 0.15) is 44.1 Å². The molecule has 0 atom stereocenters. The highest BCUT2D eigenvalue weighted by atomic mass is 32.2. The Labute approximate surface area is 151 Å². The van der Waals surface area contributed by atoms with E-state index in [0.29, 0.717) is 6.54 Å². The second-order valence-corrected chi connectivity index (χ2v) is 8.49. The summed E-state index contributed by atoms with van der Waals surface area (Å²) in [6.07, 6.45) is 5.48. The lowest BCUT2D eigenvalue weighted by Gasteiger charge is -2.38. The summed E-state index contributed by atoms with van der Waals surface area (Å²) >= 11 is 0. The summed E-state index contributed by atoms with van der Waals surface area (Å²) in [5.41, 5.74) is 0.962. The maximum atomic E-state index is 12.4. The van der Waals surface area contributed by atoms with E-state index in [-0.39, 0.29) is 18.4 Å². The molecule has 0 aromatic heterocycles. The molecule has 1 saturated carbocycles. The van der Waals surface area contributed by atoms with Gasteiger partial charge in [0.15, 0.2) is 0 Å². The SMILES string of the molecule is COc1ccc(C2(CNS(=O)(=O)N(C)CCC#N)CCCCC2)cc1. The average Bonchev–Trinajstić information content (AvgIpc) is 2.65. The van der Waals surface area contributed by atoms with Crippen LogP contribution in [-0.4, -0.2) is 40.0 Å². The van der Waals surface area contributed by atoms with Crippen LogP contribution >= 0.6 is 0 Å². The van der Waals surface area contributed by atoms with Gasteiger partial charge in [-0.3, -0.25) is 0 Å². The zero-order valence-electron chi connectivity index (χ0n) is 15.0. The molecule has 0 bridgehead atoms. The third kappa shape index (κ3) is 4.94. The first-order valence-electron chi connectivity index (χ1n) is 8.66. The predicted molar refractivity (Wildman–Crippen MR) is 97.5 cm³/mol. The number of ether oxygens (including phenoxy) is 1. The van der Waals surface area contributed by atoms with E-state index in [1.54, 1.807) is 7.11 Å². The molecule has 2 rings (SSSR count). The minimum Gasteiger partial charge on any atom is -0.497 e. The van der Waals surface area contributed by atoms with Crippen LogP contribution in [0.25, 0.3) is 0 Å². The first kappa shape index (κ1) is 19.7. The van der Waals surface area contributed by atoms with Gasteiger partial charge in [0.2, 0.25) is 0 Å². The van der Waals surface area contributed by atoms with Gasteiger partial charge in [-0.25, -0.2) is 4.72 Å². The summed E-state index contributed by atoms with van der Waals surface area (Å²) in [4.78, 5) is 0. The smallest absolute Gasteiger partial charge is 0.279 e. The Hall–Kier alpha value is -1.62. The molecule has 6 nitrogen and oxygen atoms in total. The first-order chi connectivity index (χ1) is 11.9. The normalized spacial score (nSPS) is 17.2. The number of rotatable bonds is 8. The predicted octanol–water partition coefficient (Wildman–Crippen LogP) is 2.58. The quantitative estimate of drug-likeness (QED) is 0.767. The van der Waals surface area contributed by atoms with Gasteiger partial charge in [0.25, 0.3) is 10.2 Å². The molecule has 0 unspecified atom stereocenters. The van der Waals surface area contributed by atoms with Crippen molar-refractivity contribution in [3.05, 3.63) is 29.8 Å². The summed E-state index contributed by atoms with van der Waals surface area (Å²) in [7, 11) is -0.447. The summed E-state index contributed by atoms with van der Waals surface area (Å²) in [6.45, 7) is 0.569. The fourth-order valence-corrected chi connectivity index (χ4v) is 4.42. The van der Waals surface area contributed by atoms with Gasteiger partial charge in [-0.05, 0) is 30.5 Å². The third-order valence-electron chi connectivity index (χ3n) is 5.05. The highest BCUT2D eigenvalue weighted by Gasteiger charge is 2.35. The number of hydrogen-bond acceptors (Lipinski definition) is 4. The highest BCUT2D eigenvalue weighted by molar-refractivity contribution is 7.87. The van der Waals surface area contributed by atoms with Crippen LogP contribution < -0.4 is 9.46 Å². The second kappa shape index (κ2) is 8.65. The molecule has 0 aliphatic heterocycles. The van der Waals surface area contributed by atoms with Gasteiger partial charge >= 0.3 is 0 Å². The minimum absolute atomic E-state index is 0.182. The molecule has 7 heteroatoms. The molecule has 0 spiro atoms. The number of nitrogens with zero attached hydrogens (tertiary/aromatic N) is 2. The summed E-state index contributed by atoms with van der Waals surface area (Å²) in [5, 5.41) is 8.64. The highest BCUT2D eigenvalue weighted by Crippen LogP contribution is 2.39. The van der Waals surface area contributed by atoms with Crippen molar-refractivity contribution in [1.29, 1.82) is 5.26 Å². The molecule has 1 aromatic carbocycles. The van der Waals surface area contributed by atoms with E-state index in [0.717, 1.165) is 37.0 Å². The fourth-order valence-electron chi connectivity index (χ4n) is 3.41. The Balaban J connectivity index is 2.16. The van der Waals surface area contributed by atoms with Gasteiger partial charge in [-0.2, -0.15) is 18.0 Å². The van der Waals surface area contributed by atoms with Gasteiger partial charge < -0.3 is 4.74 Å². The number of methoxy groups -OCH3 is 1. The van der Waals surface area contributed by atoms with Crippen LogP contribution in [0.5, 0.6) is 5.75 Å². The third-order valence-corrected chi connectivity index (χ3v) is 6.57. The van der Waals surface area contributed by atoms with Gasteiger partial charge in [-0.15, -0.1) is 0 Å². The van der Waals surface area contributed by atoms with E-state index in [2.05, 4.69) is 4.72 Å². The molecular weight excluding hydrogens is 338 g/mol. The van der Waals surface area contributed by atoms with E-state index in [4.69, 9.17) is 10.00 Å². The molecule has 1 aliphatic carbocycles. The van der Waals surface area contributed by atoms with E-state index in [9.17, 15) is 8.42 Å². The van der Waals surface area contributed by atoms with Crippen LogP contribution in [-0.2, 0) is 15.6 Å². The number of nitriles is 1. The largest absolute Gasteiger partial charge is 0.497 e. The molecule has 25 heavy (non-hydrogen) atoms. The maximum absolute atomic E-state index is 12.4. The van der Waals surface area contributed by atoms with E-state index in [1.165, 1.54) is 17.8 Å². The number of hydrogen-bond donors (Lipinski definition) is 1. The topological polar surface area (TPSA) is 82.4 Å². The molecule has 1 aromatic rings. The lowest BCUT2D eigenvalue weighted by Crippen LogP contribution is -2.46. The van der Waals surface area contributed by atoms with Crippen molar-refractivity contribution in [3.63, 3.8) is 0 Å². The van der Waals surface area contributed by atoms with Crippen LogP contribution in [0.3, 0.4) is 0 Å². The van der Waals surface area contributed by atoms with Gasteiger partial charge in [0.1, 0.15) is 5.75 Å². The van der Waals surface area contributed by atoms with Gasteiger partial charge in [0.05, 0.1) is 13.2 Å². The second-order valence-electron chi connectivity index (χ2n) is 6.63. The molecule has 1 aliphatic rings. The zero-order valence-corrected chi connectivity index (χ0v) is 15.8. The molecule has 0 amide bonds. The Kier molecular flexibility index (Phi) is 6.82. The van der Waals surface area contributed by atoms with Crippen molar-refractivity contribution >= 4 is 10.2 Å². The van der Waals surface area contributed by atoms with Crippen LogP contribution in [0, 0.1) is 11.3 Å². The maximum Gasteiger partial charge on any atom is 0.279 e. The van der Waals surface area contributed by atoms with Crippen LogP contribution in [0.4, 0.5) is 0 Å². The molecular formula is C18H27N3O3S. The average molecular weight is 365 g/mol. The van der Waals surface area contributed by atoms with Crippen molar-refractivity contribution in [2.75, 3.05) is 27.2 Å². The number of nitrogens with one attached hydrogen (secondary N) is 1. The molecule has 0 saturated heterocycles. The summed E-state index contributed by atoms with van der Waals surface area (Å²) < 4.78 is 34.1.